The molecule has 1 amide bonds. The van der Waals surface area contributed by atoms with Crippen molar-refractivity contribution in [2.24, 2.45) is 0 Å². The first kappa shape index (κ1) is 35.0. The second-order valence-electron chi connectivity index (χ2n) is 14.7. The lowest BCUT2D eigenvalue weighted by molar-refractivity contribution is 0.0405. The number of ether oxygens (including phenoxy) is 1. The summed E-state index contributed by atoms with van der Waals surface area (Å²) in [6, 6.07) is 7.14. The van der Waals surface area contributed by atoms with E-state index >= 15 is 8.78 Å². The van der Waals surface area contributed by atoms with Crippen LogP contribution in [0.25, 0.3) is 32.9 Å². The first-order valence-electron chi connectivity index (χ1n) is 18.0. The summed E-state index contributed by atoms with van der Waals surface area (Å²) < 4.78 is 54.4. The van der Waals surface area contributed by atoms with Crippen LogP contribution in [0.1, 0.15) is 66.8 Å². The van der Waals surface area contributed by atoms with E-state index in [0.29, 0.717) is 60.0 Å². The third-order valence-corrected chi connectivity index (χ3v) is 10.9. The number of nitrogens with one attached hydrogen (secondary N) is 1. The maximum absolute atomic E-state index is 16.9. The van der Waals surface area contributed by atoms with Crippen LogP contribution in [0, 0.1) is 11.6 Å². The number of anilines is 1. The Morgan fingerprint density at radius 2 is 1.98 bits per heavy atom. The highest BCUT2D eigenvalue weighted by Gasteiger charge is 2.49. The van der Waals surface area contributed by atoms with E-state index in [1.54, 1.807) is 31.8 Å². The fraction of sp³-hybridized carbons (Fsp3) is 0.447. The average molecular weight is 731 g/mol. The Bertz CT molecular complexity index is 2240. The van der Waals surface area contributed by atoms with Gasteiger partial charge in [0.1, 0.15) is 47.1 Å². The molecule has 3 N–H and O–H groups in total. The summed E-state index contributed by atoms with van der Waals surface area (Å²) in [6.45, 7) is 3.10. The van der Waals surface area contributed by atoms with E-state index in [1.807, 2.05) is 0 Å². The molecule has 3 aliphatic rings. The van der Waals surface area contributed by atoms with Crippen LogP contribution in [0.3, 0.4) is 0 Å². The molecule has 0 unspecified atom stereocenters. The summed E-state index contributed by atoms with van der Waals surface area (Å²) >= 11 is 0. The number of pyridine rings is 1. The van der Waals surface area contributed by atoms with Gasteiger partial charge in [0.05, 0.1) is 35.3 Å². The number of carbonyl (C=O) groups excluding carboxylic acids is 1. The van der Waals surface area contributed by atoms with E-state index in [-0.39, 0.29) is 64.8 Å². The average Bonchev–Trinajstić information content (AvgIpc) is 3.80. The fourth-order valence-corrected chi connectivity index (χ4v) is 8.24. The number of aliphatic hydroxyl groups excluding tert-OH is 1. The second-order valence-corrected chi connectivity index (χ2v) is 14.7. The number of phenolic OH excluding ortho intramolecular Hbond substituents is 1. The molecule has 1 aliphatic carbocycles. The van der Waals surface area contributed by atoms with Gasteiger partial charge < -0.3 is 25.2 Å². The standard InChI is InChI=1S/C38H41F3N8O4/c1-4-26-29(40)7-6-20-10-24(50)14-27(31(20)26)33-32(41)34-28(17-42-33)35(45-37(44-34)53-19-38-8-5-9-48(38)18-21(39)15-38)43-16-22-11-30(36(52)47(2)3)49(46-22)23-12-25(51)13-23/h6-7,10-11,14,17,21,23,25,50-51H,4-5,8-9,12-13,15-16,18-19H2,1-3H3,(H,43,44,45)/t21-,23-,25-,38+/m1/s1. The van der Waals surface area contributed by atoms with E-state index in [9.17, 15) is 19.4 Å². The van der Waals surface area contributed by atoms with Crippen molar-refractivity contribution >= 4 is 33.4 Å². The third kappa shape index (κ3) is 6.18. The van der Waals surface area contributed by atoms with Gasteiger partial charge in [0.25, 0.3) is 5.91 Å². The number of hydrogen-bond acceptors (Lipinski definition) is 10. The van der Waals surface area contributed by atoms with E-state index < -0.39 is 29.4 Å². The predicted molar refractivity (Wildman–Crippen MR) is 192 cm³/mol. The minimum absolute atomic E-state index is 0.0858. The van der Waals surface area contributed by atoms with Crippen LogP contribution in [-0.2, 0) is 13.0 Å². The highest BCUT2D eigenvalue weighted by atomic mass is 19.1. The summed E-state index contributed by atoms with van der Waals surface area (Å²) in [7, 11) is 3.31. The van der Waals surface area contributed by atoms with E-state index in [2.05, 4.69) is 30.3 Å². The molecular formula is C38H41F3N8O4. The summed E-state index contributed by atoms with van der Waals surface area (Å²) in [6.07, 6.45) is 3.27. The molecule has 0 bridgehead atoms. The SMILES string of the molecule is CCc1c(F)ccc2cc(O)cc(-c3ncc4c(NCc5cc(C(=O)N(C)C)n([C@H]6C[C@H](O)C6)n5)nc(OC[C@@]56CCCN5C[C@H](F)C6)nc4c3F)c12. The number of hydrogen-bond donors (Lipinski definition) is 3. The first-order valence-corrected chi connectivity index (χ1v) is 18.0. The molecule has 3 fully saturated rings. The molecule has 0 spiro atoms. The number of phenols is 1. The molecule has 15 heteroatoms. The van der Waals surface area contributed by atoms with Gasteiger partial charge in [-0.1, -0.05) is 13.0 Å². The van der Waals surface area contributed by atoms with Crippen molar-refractivity contribution in [2.45, 2.75) is 75.8 Å². The van der Waals surface area contributed by atoms with Crippen molar-refractivity contribution in [2.75, 3.05) is 39.1 Å². The second kappa shape index (κ2) is 13.4. The molecule has 278 valence electrons. The molecule has 53 heavy (non-hydrogen) atoms. The molecular weight excluding hydrogens is 689 g/mol. The molecule has 2 saturated heterocycles. The molecule has 2 atom stereocenters. The number of alkyl halides is 1. The van der Waals surface area contributed by atoms with Gasteiger partial charge in [0, 0.05) is 38.8 Å². The summed E-state index contributed by atoms with van der Waals surface area (Å²) in [5.41, 5.74) is 0.681. The van der Waals surface area contributed by atoms with E-state index in [1.165, 1.54) is 35.4 Å². The van der Waals surface area contributed by atoms with Gasteiger partial charge in [-0.05, 0) is 79.3 Å². The van der Waals surface area contributed by atoms with Gasteiger partial charge >= 0.3 is 6.01 Å². The molecule has 3 aromatic heterocycles. The van der Waals surface area contributed by atoms with Crippen molar-refractivity contribution in [1.29, 1.82) is 0 Å². The van der Waals surface area contributed by atoms with Gasteiger partial charge in [-0.3, -0.25) is 19.4 Å². The van der Waals surface area contributed by atoms with Crippen LogP contribution in [0.5, 0.6) is 11.8 Å². The molecule has 1 saturated carbocycles. The van der Waals surface area contributed by atoms with E-state index in [4.69, 9.17) is 4.74 Å². The quantitative estimate of drug-likeness (QED) is 0.168. The number of aryl methyl sites for hydroxylation is 1. The van der Waals surface area contributed by atoms with Crippen molar-refractivity contribution in [3.05, 3.63) is 65.1 Å². The van der Waals surface area contributed by atoms with Crippen LogP contribution in [0.15, 0.2) is 36.5 Å². The third-order valence-electron chi connectivity index (χ3n) is 10.9. The van der Waals surface area contributed by atoms with Crippen molar-refractivity contribution in [3.63, 3.8) is 0 Å². The Morgan fingerprint density at radius 1 is 1.17 bits per heavy atom. The maximum Gasteiger partial charge on any atom is 0.319 e. The van der Waals surface area contributed by atoms with Crippen molar-refractivity contribution < 1.29 is 32.9 Å². The first-order chi connectivity index (χ1) is 25.4. The topological polar surface area (TPSA) is 142 Å². The fourth-order valence-electron chi connectivity index (χ4n) is 8.24. The normalized spacial score (nSPS) is 22.7. The van der Waals surface area contributed by atoms with Gasteiger partial charge in [0.15, 0.2) is 5.82 Å². The van der Waals surface area contributed by atoms with Crippen LogP contribution in [-0.4, -0.2) is 102 Å². The zero-order valence-electron chi connectivity index (χ0n) is 29.7. The van der Waals surface area contributed by atoms with E-state index in [0.717, 1.165) is 19.4 Å². The Hall–Kier alpha value is -5.02. The van der Waals surface area contributed by atoms with Gasteiger partial charge in [0.2, 0.25) is 0 Å². The number of aliphatic hydroxyl groups is 1. The predicted octanol–water partition coefficient (Wildman–Crippen LogP) is 5.55. The Kier molecular flexibility index (Phi) is 8.88. The number of benzene rings is 2. The van der Waals surface area contributed by atoms with Gasteiger partial charge in [-0.25, -0.2) is 13.2 Å². The molecule has 5 aromatic rings. The number of nitrogens with zero attached hydrogens (tertiary/aromatic N) is 7. The van der Waals surface area contributed by atoms with Crippen LogP contribution in [0.2, 0.25) is 0 Å². The minimum Gasteiger partial charge on any atom is -0.508 e. The molecule has 2 aliphatic heterocycles. The number of carbonyl (C=O) groups is 1. The summed E-state index contributed by atoms with van der Waals surface area (Å²) in [5.74, 6) is -1.46. The number of amides is 1. The largest absolute Gasteiger partial charge is 0.508 e. The molecule has 0 radical (unpaired) electrons. The number of fused-ring (bicyclic) bond motifs is 3. The highest BCUT2D eigenvalue weighted by Crippen LogP contribution is 2.42. The Morgan fingerprint density at radius 3 is 2.74 bits per heavy atom. The zero-order valence-corrected chi connectivity index (χ0v) is 29.7. The Labute approximate surface area is 303 Å². The van der Waals surface area contributed by atoms with Crippen LogP contribution in [0.4, 0.5) is 19.0 Å². The number of aromatic hydroxyl groups is 1. The summed E-state index contributed by atoms with van der Waals surface area (Å²) in [5, 5.41) is 29.6. The lowest BCUT2D eigenvalue weighted by atomic mass is 9.89. The highest BCUT2D eigenvalue weighted by molar-refractivity contribution is 6.01. The Balaban J connectivity index is 1.20. The lowest BCUT2D eigenvalue weighted by Gasteiger charge is -2.32. The summed E-state index contributed by atoms with van der Waals surface area (Å²) in [4.78, 5) is 30.2. The lowest BCUT2D eigenvalue weighted by Crippen LogP contribution is -2.43. The van der Waals surface area contributed by atoms with Gasteiger partial charge in [-0.15, -0.1) is 0 Å². The molecule has 8 rings (SSSR count). The molecule has 12 nitrogen and oxygen atoms in total. The smallest absolute Gasteiger partial charge is 0.319 e. The van der Waals surface area contributed by atoms with Crippen LogP contribution < -0.4 is 10.1 Å². The molecule has 2 aromatic carbocycles. The maximum atomic E-state index is 16.9. The van der Waals surface area contributed by atoms with Gasteiger partial charge in [-0.2, -0.15) is 15.1 Å². The number of rotatable bonds is 10. The number of aromatic nitrogens is 5. The number of halogens is 3. The minimum atomic E-state index is -0.970. The molecule has 5 heterocycles. The monoisotopic (exact) mass is 730 g/mol. The zero-order chi connectivity index (χ0) is 37.2. The van der Waals surface area contributed by atoms with Crippen molar-refractivity contribution in [1.82, 2.24) is 34.5 Å². The van der Waals surface area contributed by atoms with Crippen molar-refractivity contribution in [3.8, 4) is 23.0 Å². The van der Waals surface area contributed by atoms with Crippen LogP contribution >= 0.6 is 0 Å².